The van der Waals surface area contributed by atoms with Gasteiger partial charge >= 0.3 is 6.09 Å². The second kappa shape index (κ2) is 6.45. The number of amides is 1. The van der Waals surface area contributed by atoms with Gasteiger partial charge in [0.1, 0.15) is 12.4 Å². The van der Waals surface area contributed by atoms with Gasteiger partial charge < -0.3 is 15.8 Å². The molecule has 0 radical (unpaired) electrons. The summed E-state index contributed by atoms with van der Waals surface area (Å²) in [5, 5.41) is 11.4. The summed E-state index contributed by atoms with van der Waals surface area (Å²) in [6, 6.07) is 6.11. The van der Waals surface area contributed by atoms with Gasteiger partial charge in [0.05, 0.1) is 11.6 Å². The van der Waals surface area contributed by atoms with Crippen LogP contribution in [-0.2, 0) is 11.3 Å². The van der Waals surface area contributed by atoms with Gasteiger partial charge in [-0.1, -0.05) is 6.07 Å². The van der Waals surface area contributed by atoms with Crippen LogP contribution < -0.4 is 11.1 Å². The number of halogens is 1. The first-order valence-electron chi connectivity index (χ1n) is 4.95. The Morgan fingerprint density at radius 1 is 1.59 bits per heavy atom. The fourth-order valence-electron chi connectivity index (χ4n) is 1.21. The van der Waals surface area contributed by atoms with E-state index in [4.69, 9.17) is 11.0 Å². The third-order valence-electron chi connectivity index (χ3n) is 2.02. The number of primary amides is 1. The normalized spacial score (nSPS) is 9.65. The van der Waals surface area contributed by atoms with E-state index in [2.05, 4.69) is 10.1 Å². The lowest BCUT2D eigenvalue weighted by Gasteiger charge is -2.06. The number of ether oxygens (including phenoxy) is 1. The summed E-state index contributed by atoms with van der Waals surface area (Å²) >= 11 is 0. The standard InChI is InChI=1S/C11H12FN3O2/c12-10-5-8(6-13)1-2-9(10)7-15-3-4-17-11(14)16/h1-2,5,15H,3-4,7H2,(H2,14,16). The molecule has 0 spiro atoms. The van der Waals surface area contributed by atoms with E-state index < -0.39 is 11.9 Å². The van der Waals surface area contributed by atoms with Crippen LogP contribution in [0, 0.1) is 17.1 Å². The highest BCUT2D eigenvalue weighted by molar-refractivity contribution is 5.64. The molecule has 1 rings (SSSR count). The van der Waals surface area contributed by atoms with E-state index >= 15 is 0 Å². The zero-order valence-corrected chi connectivity index (χ0v) is 9.07. The number of carbonyl (C=O) groups is 1. The zero-order valence-electron chi connectivity index (χ0n) is 9.07. The maximum absolute atomic E-state index is 13.4. The van der Waals surface area contributed by atoms with E-state index in [0.717, 1.165) is 0 Å². The second-order valence-electron chi connectivity index (χ2n) is 3.26. The number of hydrogen-bond donors (Lipinski definition) is 2. The van der Waals surface area contributed by atoms with Crippen molar-refractivity contribution in [3.63, 3.8) is 0 Å². The molecule has 0 saturated heterocycles. The fraction of sp³-hybridized carbons (Fsp3) is 0.273. The first kappa shape index (κ1) is 12.9. The van der Waals surface area contributed by atoms with Gasteiger partial charge in [0, 0.05) is 18.7 Å². The summed E-state index contributed by atoms with van der Waals surface area (Å²) in [4.78, 5) is 10.2. The zero-order chi connectivity index (χ0) is 12.7. The molecule has 0 aliphatic heterocycles. The third-order valence-corrected chi connectivity index (χ3v) is 2.02. The first-order chi connectivity index (χ1) is 8.13. The van der Waals surface area contributed by atoms with Gasteiger partial charge in [0.2, 0.25) is 0 Å². The molecule has 90 valence electrons. The average molecular weight is 237 g/mol. The van der Waals surface area contributed by atoms with Crippen molar-refractivity contribution in [2.45, 2.75) is 6.54 Å². The van der Waals surface area contributed by atoms with E-state index in [1.807, 2.05) is 6.07 Å². The van der Waals surface area contributed by atoms with Gasteiger partial charge in [-0.15, -0.1) is 0 Å². The highest BCUT2D eigenvalue weighted by Gasteiger charge is 2.03. The third kappa shape index (κ3) is 4.49. The van der Waals surface area contributed by atoms with Crippen molar-refractivity contribution >= 4 is 6.09 Å². The Hall–Kier alpha value is -2.13. The molecule has 0 atom stereocenters. The molecule has 0 bridgehead atoms. The predicted octanol–water partition coefficient (Wildman–Crippen LogP) is 0.882. The van der Waals surface area contributed by atoms with E-state index in [9.17, 15) is 9.18 Å². The average Bonchev–Trinajstić information content (AvgIpc) is 2.30. The Morgan fingerprint density at radius 3 is 2.94 bits per heavy atom. The molecule has 6 heteroatoms. The summed E-state index contributed by atoms with van der Waals surface area (Å²) in [5.74, 6) is -0.438. The molecule has 0 fully saturated rings. The summed E-state index contributed by atoms with van der Waals surface area (Å²) in [6.45, 7) is 0.801. The van der Waals surface area contributed by atoms with Crippen molar-refractivity contribution in [3.8, 4) is 6.07 Å². The number of nitrogens with one attached hydrogen (secondary N) is 1. The van der Waals surface area contributed by atoms with Crippen molar-refractivity contribution < 1.29 is 13.9 Å². The van der Waals surface area contributed by atoms with Crippen LogP contribution in [0.25, 0.3) is 0 Å². The van der Waals surface area contributed by atoms with Crippen LogP contribution in [0.15, 0.2) is 18.2 Å². The SMILES string of the molecule is N#Cc1ccc(CNCCOC(N)=O)c(F)c1. The Labute approximate surface area is 98.0 Å². The Balaban J connectivity index is 2.37. The minimum absolute atomic E-state index is 0.132. The number of benzene rings is 1. The highest BCUT2D eigenvalue weighted by Crippen LogP contribution is 2.09. The molecular weight excluding hydrogens is 225 g/mol. The maximum Gasteiger partial charge on any atom is 0.404 e. The maximum atomic E-state index is 13.4. The molecule has 1 aromatic carbocycles. The van der Waals surface area contributed by atoms with Crippen LogP contribution in [0.2, 0.25) is 0 Å². The topological polar surface area (TPSA) is 88.1 Å². The first-order valence-corrected chi connectivity index (χ1v) is 4.95. The molecule has 3 N–H and O–H groups in total. The molecule has 0 aliphatic carbocycles. The largest absolute Gasteiger partial charge is 0.448 e. The summed E-state index contributed by atoms with van der Waals surface area (Å²) in [7, 11) is 0. The molecule has 17 heavy (non-hydrogen) atoms. The highest BCUT2D eigenvalue weighted by atomic mass is 19.1. The molecule has 0 heterocycles. The van der Waals surface area contributed by atoms with Gasteiger partial charge in [0.15, 0.2) is 0 Å². The number of hydrogen-bond acceptors (Lipinski definition) is 4. The lowest BCUT2D eigenvalue weighted by atomic mass is 10.1. The van der Waals surface area contributed by atoms with Gasteiger partial charge in [0.25, 0.3) is 0 Å². The molecule has 0 unspecified atom stereocenters. The van der Waals surface area contributed by atoms with Gasteiger partial charge in [-0.2, -0.15) is 5.26 Å². The predicted molar refractivity (Wildman–Crippen MR) is 58.4 cm³/mol. The quantitative estimate of drug-likeness (QED) is 0.744. The second-order valence-corrected chi connectivity index (χ2v) is 3.26. The van der Waals surface area contributed by atoms with E-state index in [0.29, 0.717) is 18.7 Å². The molecule has 5 nitrogen and oxygen atoms in total. The van der Waals surface area contributed by atoms with Crippen molar-refractivity contribution in [3.05, 3.63) is 35.1 Å². The van der Waals surface area contributed by atoms with Crippen LogP contribution in [0.1, 0.15) is 11.1 Å². The Bertz CT molecular complexity index is 443. The lowest BCUT2D eigenvalue weighted by molar-refractivity contribution is 0.157. The van der Waals surface area contributed by atoms with Gasteiger partial charge in [-0.3, -0.25) is 0 Å². The Kier molecular flexibility index (Phi) is 4.91. The number of nitrogens with two attached hydrogens (primary N) is 1. The molecule has 1 amide bonds. The van der Waals surface area contributed by atoms with Crippen molar-refractivity contribution in [1.82, 2.24) is 5.32 Å². The smallest absolute Gasteiger partial charge is 0.404 e. The molecule has 0 saturated carbocycles. The summed E-state index contributed by atoms with van der Waals surface area (Å²) in [5.41, 5.74) is 5.49. The molecule has 0 aliphatic rings. The van der Waals surface area contributed by atoms with Crippen molar-refractivity contribution in [2.24, 2.45) is 5.73 Å². The summed E-state index contributed by atoms with van der Waals surface area (Å²) < 4.78 is 17.9. The van der Waals surface area contributed by atoms with Gasteiger partial charge in [-0.05, 0) is 12.1 Å². The number of nitriles is 1. The number of rotatable bonds is 5. The van der Waals surface area contributed by atoms with Crippen LogP contribution in [0.5, 0.6) is 0 Å². The number of carbonyl (C=O) groups excluding carboxylic acids is 1. The summed E-state index contributed by atoms with van der Waals surface area (Å²) in [6.07, 6.45) is -0.837. The van der Waals surface area contributed by atoms with Crippen LogP contribution in [0.4, 0.5) is 9.18 Å². The monoisotopic (exact) mass is 237 g/mol. The van der Waals surface area contributed by atoms with E-state index in [1.54, 1.807) is 6.07 Å². The number of nitrogens with zero attached hydrogens (tertiary/aromatic N) is 1. The molecule has 0 aromatic heterocycles. The van der Waals surface area contributed by atoms with Crippen LogP contribution >= 0.6 is 0 Å². The minimum atomic E-state index is -0.837. The molecular formula is C11H12FN3O2. The van der Waals surface area contributed by atoms with Crippen LogP contribution in [-0.4, -0.2) is 19.2 Å². The molecule has 1 aromatic rings. The van der Waals surface area contributed by atoms with E-state index in [-0.39, 0.29) is 12.2 Å². The van der Waals surface area contributed by atoms with Crippen molar-refractivity contribution in [2.75, 3.05) is 13.2 Å². The van der Waals surface area contributed by atoms with E-state index in [1.165, 1.54) is 12.1 Å². The van der Waals surface area contributed by atoms with Crippen LogP contribution in [0.3, 0.4) is 0 Å². The Morgan fingerprint density at radius 2 is 2.35 bits per heavy atom. The fourth-order valence-corrected chi connectivity index (χ4v) is 1.21. The minimum Gasteiger partial charge on any atom is -0.448 e. The lowest BCUT2D eigenvalue weighted by Crippen LogP contribution is -2.23. The van der Waals surface area contributed by atoms with Gasteiger partial charge in [-0.25, -0.2) is 9.18 Å². The van der Waals surface area contributed by atoms with Crippen molar-refractivity contribution in [1.29, 1.82) is 5.26 Å².